The number of carbonyl (C=O) groups is 1. The number of methoxy groups -OCH3 is 1. The molecule has 0 atom stereocenters. The van der Waals surface area contributed by atoms with Gasteiger partial charge in [0.25, 0.3) is 5.91 Å². The van der Waals surface area contributed by atoms with Crippen molar-refractivity contribution in [2.45, 2.75) is 26.2 Å². The molecule has 3 aromatic rings. The van der Waals surface area contributed by atoms with E-state index in [4.69, 9.17) is 9.15 Å². The number of anilines is 2. The molecule has 27 heavy (non-hydrogen) atoms. The van der Waals surface area contributed by atoms with E-state index in [2.05, 4.69) is 22.3 Å². The maximum Gasteiger partial charge on any atom is 0.291 e. The molecule has 0 bridgehead atoms. The second kappa shape index (κ2) is 7.35. The Morgan fingerprint density at radius 3 is 2.52 bits per heavy atom. The van der Waals surface area contributed by atoms with Crippen molar-refractivity contribution in [2.24, 2.45) is 0 Å². The highest BCUT2D eigenvalue weighted by molar-refractivity contribution is 6.06. The normalized spacial score (nSPS) is 14.4. The smallest absolute Gasteiger partial charge is 0.291 e. The van der Waals surface area contributed by atoms with E-state index in [9.17, 15) is 4.79 Å². The standard InChI is InChI=1S/C22H24N2O3/c1-15-19-14-18(26-2)10-11-20(19)27-21(15)22(25)23-16-6-8-17(9-7-16)24-12-4-3-5-13-24/h6-11,14H,3-5,12-13H2,1-2H3,(H,23,25). The molecule has 2 aromatic carbocycles. The Balaban J connectivity index is 1.52. The number of amides is 1. The van der Waals surface area contributed by atoms with Crippen LogP contribution in [0, 0.1) is 6.92 Å². The van der Waals surface area contributed by atoms with E-state index in [1.807, 2.05) is 37.3 Å². The predicted molar refractivity (Wildman–Crippen MR) is 108 cm³/mol. The lowest BCUT2D eigenvalue weighted by molar-refractivity contribution is 0.0998. The average Bonchev–Trinajstić information content (AvgIpc) is 3.05. The average molecular weight is 364 g/mol. The number of furan rings is 1. The van der Waals surface area contributed by atoms with Crippen LogP contribution in [0.25, 0.3) is 11.0 Å². The highest BCUT2D eigenvalue weighted by Crippen LogP contribution is 2.29. The maximum atomic E-state index is 12.7. The molecule has 5 nitrogen and oxygen atoms in total. The lowest BCUT2D eigenvalue weighted by Gasteiger charge is -2.28. The van der Waals surface area contributed by atoms with Gasteiger partial charge in [-0.15, -0.1) is 0 Å². The van der Waals surface area contributed by atoms with Crippen LogP contribution in [-0.2, 0) is 0 Å². The second-order valence-electron chi connectivity index (χ2n) is 6.97. The van der Waals surface area contributed by atoms with Crippen LogP contribution in [0.4, 0.5) is 11.4 Å². The molecule has 2 heterocycles. The Labute approximate surface area is 158 Å². The summed E-state index contributed by atoms with van der Waals surface area (Å²) in [4.78, 5) is 15.1. The van der Waals surface area contributed by atoms with E-state index in [1.54, 1.807) is 7.11 Å². The number of nitrogens with one attached hydrogen (secondary N) is 1. The molecule has 1 fully saturated rings. The molecule has 140 valence electrons. The Morgan fingerprint density at radius 1 is 1.07 bits per heavy atom. The van der Waals surface area contributed by atoms with Gasteiger partial charge in [-0.05, 0) is 68.7 Å². The van der Waals surface area contributed by atoms with E-state index in [-0.39, 0.29) is 5.91 Å². The summed E-state index contributed by atoms with van der Waals surface area (Å²) >= 11 is 0. The number of ether oxygens (including phenoxy) is 1. The maximum absolute atomic E-state index is 12.7. The Kier molecular flexibility index (Phi) is 4.75. The van der Waals surface area contributed by atoms with Gasteiger partial charge in [-0.2, -0.15) is 0 Å². The number of rotatable bonds is 4. The monoisotopic (exact) mass is 364 g/mol. The third-order valence-electron chi connectivity index (χ3n) is 5.20. The molecule has 1 aromatic heterocycles. The van der Waals surface area contributed by atoms with Gasteiger partial charge in [0, 0.05) is 35.4 Å². The summed E-state index contributed by atoms with van der Waals surface area (Å²) in [6.45, 7) is 4.10. The van der Waals surface area contributed by atoms with E-state index in [1.165, 1.54) is 24.9 Å². The highest BCUT2D eigenvalue weighted by Gasteiger charge is 2.18. The first-order valence-electron chi connectivity index (χ1n) is 9.39. The van der Waals surface area contributed by atoms with Crippen LogP contribution in [0.1, 0.15) is 35.4 Å². The molecule has 0 aliphatic carbocycles. The number of nitrogens with zero attached hydrogens (tertiary/aromatic N) is 1. The van der Waals surface area contributed by atoms with Gasteiger partial charge in [-0.1, -0.05) is 0 Å². The fourth-order valence-corrected chi connectivity index (χ4v) is 3.64. The molecule has 1 N–H and O–H groups in total. The molecule has 1 aliphatic rings. The minimum absolute atomic E-state index is 0.242. The van der Waals surface area contributed by atoms with Crippen molar-refractivity contribution in [2.75, 3.05) is 30.4 Å². The van der Waals surface area contributed by atoms with Crippen LogP contribution < -0.4 is 15.0 Å². The third-order valence-corrected chi connectivity index (χ3v) is 5.20. The van der Waals surface area contributed by atoms with Gasteiger partial charge in [0.15, 0.2) is 5.76 Å². The topological polar surface area (TPSA) is 54.7 Å². The van der Waals surface area contributed by atoms with Crippen molar-refractivity contribution < 1.29 is 13.9 Å². The number of hydrogen-bond donors (Lipinski definition) is 1. The summed E-state index contributed by atoms with van der Waals surface area (Å²) in [7, 11) is 1.62. The summed E-state index contributed by atoms with van der Waals surface area (Å²) in [6, 6.07) is 13.6. The van der Waals surface area contributed by atoms with Crippen LogP contribution in [-0.4, -0.2) is 26.1 Å². The van der Waals surface area contributed by atoms with Crippen LogP contribution >= 0.6 is 0 Å². The zero-order chi connectivity index (χ0) is 18.8. The summed E-state index contributed by atoms with van der Waals surface area (Å²) in [5, 5.41) is 3.83. The summed E-state index contributed by atoms with van der Waals surface area (Å²) < 4.78 is 11.0. The van der Waals surface area contributed by atoms with Crippen molar-refractivity contribution in [1.82, 2.24) is 0 Å². The van der Waals surface area contributed by atoms with Gasteiger partial charge < -0.3 is 19.4 Å². The van der Waals surface area contributed by atoms with E-state index < -0.39 is 0 Å². The first-order valence-corrected chi connectivity index (χ1v) is 9.39. The van der Waals surface area contributed by atoms with E-state index in [0.717, 1.165) is 35.5 Å². The third kappa shape index (κ3) is 3.50. The van der Waals surface area contributed by atoms with E-state index >= 15 is 0 Å². The highest BCUT2D eigenvalue weighted by atomic mass is 16.5. The number of aryl methyl sites for hydroxylation is 1. The van der Waals surface area contributed by atoms with Crippen molar-refractivity contribution in [3.8, 4) is 5.75 Å². The van der Waals surface area contributed by atoms with Gasteiger partial charge in [0.1, 0.15) is 11.3 Å². The second-order valence-corrected chi connectivity index (χ2v) is 6.97. The van der Waals surface area contributed by atoms with Crippen LogP contribution in [0.5, 0.6) is 5.75 Å². The quantitative estimate of drug-likeness (QED) is 0.708. The van der Waals surface area contributed by atoms with Crippen molar-refractivity contribution in [3.63, 3.8) is 0 Å². The Bertz CT molecular complexity index is 954. The molecule has 5 heteroatoms. The lowest BCUT2D eigenvalue weighted by atomic mass is 10.1. The Hall–Kier alpha value is -2.95. The number of fused-ring (bicyclic) bond motifs is 1. The van der Waals surface area contributed by atoms with Gasteiger partial charge in [-0.3, -0.25) is 4.79 Å². The van der Waals surface area contributed by atoms with Gasteiger partial charge >= 0.3 is 0 Å². The molecule has 1 saturated heterocycles. The van der Waals surface area contributed by atoms with Gasteiger partial charge in [0.2, 0.25) is 0 Å². The first kappa shape index (κ1) is 17.5. The number of benzene rings is 2. The van der Waals surface area contributed by atoms with Crippen LogP contribution in [0.15, 0.2) is 46.9 Å². The molecular weight excluding hydrogens is 340 g/mol. The number of hydrogen-bond acceptors (Lipinski definition) is 4. The van der Waals surface area contributed by atoms with Gasteiger partial charge in [-0.25, -0.2) is 0 Å². The molecule has 0 spiro atoms. The first-order chi connectivity index (χ1) is 13.2. The fourth-order valence-electron chi connectivity index (χ4n) is 3.64. The SMILES string of the molecule is COc1ccc2oc(C(=O)Nc3ccc(N4CCCCC4)cc3)c(C)c2c1. The summed E-state index contributed by atoms with van der Waals surface area (Å²) in [5.41, 5.74) is 3.46. The lowest BCUT2D eigenvalue weighted by Crippen LogP contribution is -2.29. The largest absolute Gasteiger partial charge is 0.497 e. The van der Waals surface area contributed by atoms with Crippen LogP contribution in [0.3, 0.4) is 0 Å². The Morgan fingerprint density at radius 2 is 1.81 bits per heavy atom. The minimum Gasteiger partial charge on any atom is -0.497 e. The minimum atomic E-state index is -0.242. The molecule has 0 saturated carbocycles. The fraction of sp³-hybridized carbons (Fsp3) is 0.318. The van der Waals surface area contributed by atoms with Crippen molar-refractivity contribution in [3.05, 3.63) is 53.8 Å². The van der Waals surface area contributed by atoms with Gasteiger partial charge in [0.05, 0.1) is 7.11 Å². The molecule has 1 amide bonds. The molecular formula is C22H24N2O3. The molecule has 1 aliphatic heterocycles. The molecule has 0 radical (unpaired) electrons. The summed E-state index contributed by atoms with van der Waals surface area (Å²) in [5.74, 6) is 0.832. The molecule has 0 unspecified atom stereocenters. The van der Waals surface area contributed by atoms with E-state index in [0.29, 0.717) is 11.3 Å². The zero-order valence-electron chi connectivity index (χ0n) is 15.7. The molecule has 4 rings (SSSR count). The summed E-state index contributed by atoms with van der Waals surface area (Å²) in [6.07, 6.45) is 3.80. The van der Waals surface area contributed by atoms with Crippen molar-refractivity contribution >= 4 is 28.3 Å². The van der Waals surface area contributed by atoms with Crippen molar-refractivity contribution in [1.29, 1.82) is 0 Å². The van der Waals surface area contributed by atoms with Crippen LogP contribution in [0.2, 0.25) is 0 Å². The predicted octanol–water partition coefficient (Wildman–Crippen LogP) is 4.99. The zero-order valence-corrected chi connectivity index (χ0v) is 15.7. The number of piperidine rings is 1. The number of carbonyl (C=O) groups excluding carboxylic acids is 1.